The lowest BCUT2D eigenvalue weighted by Gasteiger charge is -2.17. The Hall–Kier alpha value is 0.270. The number of hydrogen-bond acceptors (Lipinski definition) is 3. The van der Waals surface area contributed by atoms with Gasteiger partial charge in [0.15, 0.2) is 0 Å². The number of likely N-dealkylation sites (tertiary alicyclic amines) is 1. The van der Waals surface area contributed by atoms with Gasteiger partial charge in [-0.1, -0.05) is 6.92 Å². The van der Waals surface area contributed by atoms with E-state index in [-0.39, 0.29) is 0 Å². The largest absolute Gasteiger partial charge is 0.314 e. The molecule has 1 aliphatic rings. The lowest BCUT2D eigenvalue weighted by molar-refractivity contribution is 0.343. The van der Waals surface area contributed by atoms with Gasteiger partial charge in [-0.15, -0.1) is 0 Å². The van der Waals surface area contributed by atoms with Crippen molar-refractivity contribution in [2.75, 3.05) is 32.9 Å². The van der Waals surface area contributed by atoms with Crippen LogP contribution in [0, 0.1) is 0 Å². The monoisotopic (exact) mass is 230 g/mol. The van der Waals surface area contributed by atoms with E-state index in [1.807, 2.05) is 11.8 Å². The number of thioether (sulfide) groups is 1. The standard InChI is InChI=1S/C12H26N2S/c1-11(15-3)6-8-13-12-5-4-9-14(2)10-7-12/h11-13H,4-10H2,1-3H3. The van der Waals surface area contributed by atoms with Crippen LogP contribution in [-0.2, 0) is 0 Å². The molecule has 0 amide bonds. The van der Waals surface area contributed by atoms with Crippen molar-refractivity contribution in [2.45, 2.75) is 43.9 Å². The zero-order valence-corrected chi connectivity index (χ0v) is 11.3. The molecule has 1 saturated heterocycles. The second kappa shape index (κ2) is 7.53. The van der Waals surface area contributed by atoms with Gasteiger partial charge in [-0.2, -0.15) is 11.8 Å². The highest BCUT2D eigenvalue weighted by atomic mass is 32.2. The molecule has 0 aliphatic carbocycles. The summed E-state index contributed by atoms with van der Waals surface area (Å²) >= 11 is 1.97. The maximum absolute atomic E-state index is 3.71. The predicted octanol–water partition coefficient (Wildman–Crippen LogP) is 2.20. The molecular formula is C12H26N2S. The molecule has 0 radical (unpaired) electrons. The summed E-state index contributed by atoms with van der Waals surface area (Å²) in [5.41, 5.74) is 0. The quantitative estimate of drug-likeness (QED) is 0.779. The third-order valence-electron chi connectivity index (χ3n) is 3.34. The van der Waals surface area contributed by atoms with Crippen LogP contribution in [0.3, 0.4) is 0 Å². The number of nitrogens with one attached hydrogen (secondary N) is 1. The van der Waals surface area contributed by atoms with Crippen LogP contribution in [0.1, 0.15) is 32.6 Å². The molecule has 0 bridgehead atoms. The van der Waals surface area contributed by atoms with Gasteiger partial charge in [-0.05, 0) is 58.6 Å². The van der Waals surface area contributed by atoms with E-state index >= 15 is 0 Å². The Labute approximate surface area is 99.2 Å². The van der Waals surface area contributed by atoms with E-state index in [0.717, 1.165) is 11.3 Å². The van der Waals surface area contributed by atoms with Crippen molar-refractivity contribution < 1.29 is 0 Å². The molecule has 2 nitrogen and oxygen atoms in total. The van der Waals surface area contributed by atoms with Crippen molar-refractivity contribution in [3.05, 3.63) is 0 Å². The molecule has 15 heavy (non-hydrogen) atoms. The molecule has 1 N–H and O–H groups in total. The molecule has 0 aromatic carbocycles. The Morgan fingerprint density at radius 3 is 2.93 bits per heavy atom. The molecule has 90 valence electrons. The molecular weight excluding hydrogens is 204 g/mol. The fourth-order valence-electron chi connectivity index (χ4n) is 2.05. The van der Waals surface area contributed by atoms with Gasteiger partial charge < -0.3 is 10.2 Å². The Bertz CT molecular complexity index is 164. The van der Waals surface area contributed by atoms with Gasteiger partial charge in [0.05, 0.1) is 0 Å². The maximum atomic E-state index is 3.71. The molecule has 1 heterocycles. The summed E-state index contributed by atoms with van der Waals surface area (Å²) in [6, 6.07) is 0.768. The summed E-state index contributed by atoms with van der Waals surface area (Å²) < 4.78 is 0. The average Bonchev–Trinajstić information content (AvgIpc) is 2.43. The summed E-state index contributed by atoms with van der Waals surface area (Å²) in [7, 11) is 2.23. The Kier molecular flexibility index (Phi) is 6.69. The maximum Gasteiger partial charge on any atom is 0.00797 e. The van der Waals surface area contributed by atoms with Crippen molar-refractivity contribution in [2.24, 2.45) is 0 Å². The Morgan fingerprint density at radius 1 is 1.40 bits per heavy atom. The fraction of sp³-hybridized carbons (Fsp3) is 1.00. The van der Waals surface area contributed by atoms with Gasteiger partial charge in [-0.25, -0.2) is 0 Å². The van der Waals surface area contributed by atoms with E-state index in [0.29, 0.717) is 0 Å². The smallest absolute Gasteiger partial charge is 0.00797 e. The average molecular weight is 230 g/mol. The van der Waals surface area contributed by atoms with Crippen molar-refractivity contribution >= 4 is 11.8 Å². The summed E-state index contributed by atoms with van der Waals surface area (Å²) in [5.74, 6) is 0. The van der Waals surface area contributed by atoms with Crippen molar-refractivity contribution in [1.82, 2.24) is 10.2 Å². The van der Waals surface area contributed by atoms with Crippen LogP contribution in [-0.4, -0.2) is 49.1 Å². The number of rotatable bonds is 5. The van der Waals surface area contributed by atoms with E-state index in [2.05, 4.69) is 30.4 Å². The van der Waals surface area contributed by atoms with Crippen LogP contribution >= 0.6 is 11.8 Å². The number of hydrogen-bond donors (Lipinski definition) is 1. The molecule has 0 spiro atoms. The SMILES string of the molecule is CSC(C)CCNC1CCCN(C)CC1. The second-order valence-electron chi connectivity index (χ2n) is 4.72. The molecule has 1 rings (SSSR count). The summed E-state index contributed by atoms with van der Waals surface area (Å²) in [6.07, 6.45) is 7.53. The van der Waals surface area contributed by atoms with E-state index in [1.54, 1.807) is 0 Å². The molecule has 2 atom stereocenters. The molecule has 2 unspecified atom stereocenters. The van der Waals surface area contributed by atoms with Gasteiger partial charge >= 0.3 is 0 Å². The molecule has 1 fully saturated rings. The predicted molar refractivity (Wildman–Crippen MR) is 70.7 cm³/mol. The fourth-order valence-corrected chi connectivity index (χ4v) is 2.41. The van der Waals surface area contributed by atoms with Crippen LogP contribution in [0.2, 0.25) is 0 Å². The van der Waals surface area contributed by atoms with E-state index in [4.69, 9.17) is 0 Å². The van der Waals surface area contributed by atoms with Gasteiger partial charge in [0.1, 0.15) is 0 Å². The summed E-state index contributed by atoms with van der Waals surface area (Å²) in [5, 5.41) is 4.50. The normalized spacial score (nSPS) is 26.2. The highest BCUT2D eigenvalue weighted by Gasteiger charge is 2.13. The highest BCUT2D eigenvalue weighted by molar-refractivity contribution is 7.99. The number of nitrogens with zero attached hydrogens (tertiary/aromatic N) is 1. The Morgan fingerprint density at radius 2 is 2.20 bits per heavy atom. The molecule has 0 saturated carbocycles. The molecule has 3 heteroatoms. The summed E-state index contributed by atoms with van der Waals surface area (Å²) in [6.45, 7) is 6.04. The van der Waals surface area contributed by atoms with Crippen LogP contribution in [0.15, 0.2) is 0 Å². The van der Waals surface area contributed by atoms with Crippen LogP contribution in [0.4, 0.5) is 0 Å². The van der Waals surface area contributed by atoms with E-state index < -0.39 is 0 Å². The summed E-state index contributed by atoms with van der Waals surface area (Å²) in [4.78, 5) is 2.45. The second-order valence-corrected chi connectivity index (χ2v) is 6.00. The third kappa shape index (κ3) is 5.79. The first-order chi connectivity index (χ1) is 7.22. The lowest BCUT2D eigenvalue weighted by atomic mass is 10.1. The lowest BCUT2D eigenvalue weighted by Crippen LogP contribution is -2.31. The van der Waals surface area contributed by atoms with Crippen LogP contribution in [0.25, 0.3) is 0 Å². The topological polar surface area (TPSA) is 15.3 Å². The van der Waals surface area contributed by atoms with Gasteiger partial charge in [-0.3, -0.25) is 0 Å². The minimum Gasteiger partial charge on any atom is -0.314 e. The first-order valence-corrected chi connectivity index (χ1v) is 7.46. The molecule has 0 aromatic heterocycles. The van der Waals surface area contributed by atoms with Gasteiger partial charge in [0.2, 0.25) is 0 Å². The Balaban J connectivity index is 2.10. The van der Waals surface area contributed by atoms with E-state index in [1.165, 1.54) is 45.3 Å². The van der Waals surface area contributed by atoms with Crippen LogP contribution in [0.5, 0.6) is 0 Å². The zero-order chi connectivity index (χ0) is 11.1. The first-order valence-electron chi connectivity index (χ1n) is 6.17. The highest BCUT2D eigenvalue weighted by Crippen LogP contribution is 2.11. The van der Waals surface area contributed by atoms with Crippen LogP contribution < -0.4 is 5.32 Å². The van der Waals surface area contributed by atoms with Crippen molar-refractivity contribution in [1.29, 1.82) is 0 Å². The van der Waals surface area contributed by atoms with Crippen molar-refractivity contribution in [3.63, 3.8) is 0 Å². The van der Waals surface area contributed by atoms with Gasteiger partial charge in [0.25, 0.3) is 0 Å². The van der Waals surface area contributed by atoms with Crippen molar-refractivity contribution in [3.8, 4) is 0 Å². The zero-order valence-electron chi connectivity index (χ0n) is 10.5. The van der Waals surface area contributed by atoms with E-state index in [9.17, 15) is 0 Å². The van der Waals surface area contributed by atoms with Gasteiger partial charge in [0, 0.05) is 11.3 Å². The molecule has 0 aromatic rings. The third-order valence-corrected chi connectivity index (χ3v) is 4.38. The minimum absolute atomic E-state index is 0.768. The molecule has 1 aliphatic heterocycles. The minimum atomic E-state index is 0.768. The first kappa shape index (κ1) is 13.3.